The number of rotatable bonds is 9. The predicted octanol–water partition coefficient (Wildman–Crippen LogP) is 3.74. The van der Waals surface area contributed by atoms with Gasteiger partial charge in [-0.2, -0.15) is 4.31 Å². The highest BCUT2D eigenvalue weighted by Crippen LogP contribution is 2.23. The summed E-state index contributed by atoms with van der Waals surface area (Å²) in [4.78, 5) is 12.5. The third kappa shape index (κ3) is 5.12. The van der Waals surface area contributed by atoms with E-state index < -0.39 is 16.0 Å². The standard InChI is InChI=1S/C22H24N2O6S/c1-4-24(5-2)31(26,27)20-12-8-17(9-13-20)22(25)29-15-18-14-21(30-23-18)16-6-10-19(28-3)11-7-16/h6-14H,4-5,15H2,1-3H3. The molecule has 3 aromatic rings. The highest BCUT2D eigenvalue weighted by atomic mass is 32.2. The second-order valence-corrected chi connectivity index (χ2v) is 8.54. The molecule has 0 atom stereocenters. The summed E-state index contributed by atoms with van der Waals surface area (Å²) in [5.41, 5.74) is 1.52. The molecule has 0 aliphatic rings. The molecule has 164 valence electrons. The Morgan fingerprint density at radius 1 is 1.03 bits per heavy atom. The van der Waals surface area contributed by atoms with Crippen LogP contribution in [0.4, 0.5) is 0 Å². The maximum Gasteiger partial charge on any atom is 0.338 e. The molecule has 0 aliphatic heterocycles. The summed E-state index contributed by atoms with van der Waals surface area (Å²) in [5.74, 6) is 0.689. The lowest BCUT2D eigenvalue weighted by atomic mass is 10.1. The molecule has 3 rings (SSSR count). The van der Waals surface area contributed by atoms with Gasteiger partial charge < -0.3 is 14.0 Å². The minimum absolute atomic E-state index is 0.0714. The van der Waals surface area contributed by atoms with Crippen LogP contribution in [-0.4, -0.2) is 44.0 Å². The minimum atomic E-state index is -3.58. The summed E-state index contributed by atoms with van der Waals surface area (Å²) in [6.07, 6.45) is 0. The Labute approximate surface area is 181 Å². The Kier molecular flexibility index (Phi) is 7.09. The molecule has 8 nitrogen and oxygen atoms in total. The van der Waals surface area contributed by atoms with Gasteiger partial charge in [0, 0.05) is 24.7 Å². The normalized spacial score (nSPS) is 11.5. The van der Waals surface area contributed by atoms with Gasteiger partial charge in [0.2, 0.25) is 10.0 Å². The lowest BCUT2D eigenvalue weighted by molar-refractivity contribution is 0.0464. The molecule has 1 aromatic heterocycles. The Bertz CT molecular complexity index is 1120. The largest absolute Gasteiger partial charge is 0.497 e. The van der Waals surface area contributed by atoms with Crippen LogP contribution >= 0.6 is 0 Å². The number of benzene rings is 2. The van der Waals surface area contributed by atoms with E-state index in [0.29, 0.717) is 24.5 Å². The molecule has 0 N–H and O–H groups in total. The Balaban J connectivity index is 1.63. The zero-order valence-corrected chi connectivity index (χ0v) is 18.4. The number of nitrogens with zero attached hydrogens (tertiary/aromatic N) is 2. The first-order chi connectivity index (χ1) is 14.9. The molecule has 0 saturated heterocycles. The fourth-order valence-corrected chi connectivity index (χ4v) is 4.43. The van der Waals surface area contributed by atoms with Crippen LogP contribution in [0.5, 0.6) is 5.75 Å². The number of ether oxygens (including phenoxy) is 2. The third-order valence-electron chi connectivity index (χ3n) is 4.72. The highest BCUT2D eigenvalue weighted by Gasteiger charge is 2.22. The summed E-state index contributed by atoms with van der Waals surface area (Å²) in [5, 5.41) is 3.92. The van der Waals surface area contributed by atoms with Gasteiger partial charge in [-0.05, 0) is 48.5 Å². The number of carbonyl (C=O) groups is 1. The van der Waals surface area contributed by atoms with Crippen LogP contribution in [0.2, 0.25) is 0 Å². The third-order valence-corrected chi connectivity index (χ3v) is 6.78. The molecule has 0 aliphatic carbocycles. The van der Waals surface area contributed by atoms with Gasteiger partial charge in [-0.15, -0.1) is 0 Å². The molecular weight excluding hydrogens is 420 g/mol. The van der Waals surface area contributed by atoms with Gasteiger partial charge >= 0.3 is 5.97 Å². The van der Waals surface area contributed by atoms with Crippen LogP contribution in [0.3, 0.4) is 0 Å². The summed E-state index contributed by atoms with van der Waals surface area (Å²) in [6.45, 7) is 4.23. The second-order valence-electron chi connectivity index (χ2n) is 6.60. The van der Waals surface area contributed by atoms with E-state index in [-0.39, 0.29) is 17.1 Å². The quantitative estimate of drug-likeness (QED) is 0.464. The maximum absolute atomic E-state index is 12.5. The first-order valence-electron chi connectivity index (χ1n) is 9.76. The topological polar surface area (TPSA) is 98.9 Å². The molecule has 9 heteroatoms. The van der Waals surface area contributed by atoms with E-state index in [4.69, 9.17) is 14.0 Å². The zero-order valence-electron chi connectivity index (χ0n) is 17.6. The van der Waals surface area contributed by atoms with Gasteiger partial charge in [0.15, 0.2) is 5.76 Å². The van der Waals surface area contributed by atoms with Gasteiger partial charge in [0.05, 0.1) is 17.6 Å². The van der Waals surface area contributed by atoms with Crippen molar-refractivity contribution in [3.63, 3.8) is 0 Å². The van der Waals surface area contributed by atoms with Gasteiger partial charge in [0.1, 0.15) is 18.1 Å². The lowest BCUT2D eigenvalue weighted by Gasteiger charge is -2.18. The highest BCUT2D eigenvalue weighted by molar-refractivity contribution is 7.89. The summed E-state index contributed by atoms with van der Waals surface area (Å²) in [7, 11) is -1.99. The first-order valence-corrected chi connectivity index (χ1v) is 11.2. The molecular formula is C22H24N2O6S. The summed E-state index contributed by atoms with van der Waals surface area (Å²) >= 11 is 0. The number of hydrogen-bond donors (Lipinski definition) is 0. The number of aromatic nitrogens is 1. The number of hydrogen-bond acceptors (Lipinski definition) is 7. The number of esters is 1. The van der Waals surface area contributed by atoms with Crippen molar-refractivity contribution in [3.8, 4) is 17.1 Å². The van der Waals surface area contributed by atoms with Crippen LogP contribution < -0.4 is 4.74 Å². The van der Waals surface area contributed by atoms with Crippen molar-refractivity contribution in [2.45, 2.75) is 25.3 Å². The minimum Gasteiger partial charge on any atom is -0.497 e. The molecule has 31 heavy (non-hydrogen) atoms. The van der Waals surface area contributed by atoms with Gasteiger partial charge in [-0.3, -0.25) is 0 Å². The molecule has 0 amide bonds. The molecule has 0 radical (unpaired) electrons. The molecule has 0 saturated carbocycles. The van der Waals surface area contributed by atoms with Gasteiger partial charge in [0.25, 0.3) is 0 Å². The molecule has 0 fully saturated rings. The van der Waals surface area contributed by atoms with Crippen LogP contribution in [0.1, 0.15) is 29.9 Å². The van der Waals surface area contributed by atoms with Gasteiger partial charge in [-0.25, -0.2) is 13.2 Å². The van der Waals surface area contributed by atoms with E-state index in [1.54, 1.807) is 27.0 Å². The molecule has 0 spiro atoms. The van der Waals surface area contributed by atoms with Crippen molar-refractivity contribution in [3.05, 3.63) is 65.9 Å². The molecule has 0 bridgehead atoms. The van der Waals surface area contributed by atoms with Crippen LogP contribution in [0.25, 0.3) is 11.3 Å². The van der Waals surface area contributed by atoms with Crippen LogP contribution in [-0.2, 0) is 21.4 Å². The zero-order chi connectivity index (χ0) is 22.4. The SMILES string of the molecule is CCN(CC)S(=O)(=O)c1ccc(C(=O)OCc2cc(-c3ccc(OC)cc3)on2)cc1. The van der Waals surface area contributed by atoms with Crippen LogP contribution in [0.15, 0.2) is 64.0 Å². The van der Waals surface area contributed by atoms with Crippen molar-refractivity contribution >= 4 is 16.0 Å². The second kappa shape index (κ2) is 9.76. The van der Waals surface area contributed by atoms with Crippen molar-refractivity contribution in [2.75, 3.05) is 20.2 Å². The molecule has 1 heterocycles. The van der Waals surface area contributed by atoms with Gasteiger partial charge in [-0.1, -0.05) is 19.0 Å². The molecule has 0 unspecified atom stereocenters. The fourth-order valence-electron chi connectivity index (χ4n) is 2.97. The van der Waals surface area contributed by atoms with E-state index in [0.717, 1.165) is 11.3 Å². The van der Waals surface area contributed by atoms with Crippen molar-refractivity contribution in [1.82, 2.24) is 9.46 Å². The van der Waals surface area contributed by atoms with E-state index in [1.165, 1.54) is 28.6 Å². The lowest BCUT2D eigenvalue weighted by Crippen LogP contribution is -2.30. The van der Waals surface area contributed by atoms with E-state index in [2.05, 4.69) is 5.16 Å². The average molecular weight is 445 g/mol. The summed E-state index contributed by atoms with van der Waals surface area (Å²) in [6, 6.07) is 14.7. The Morgan fingerprint density at radius 3 is 2.26 bits per heavy atom. The van der Waals surface area contributed by atoms with Crippen molar-refractivity contribution < 1.29 is 27.2 Å². The maximum atomic E-state index is 12.5. The van der Waals surface area contributed by atoms with E-state index in [1.807, 2.05) is 24.3 Å². The van der Waals surface area contributed by atoms with E-state index >= 15 is 0 Å². The Morgan fingerprint density at radius 2 is 1.68 bits per heavy atom. The smallest absolute Gasteiger partial charge is 0.338 e. The van der Waals surface area contributed by atoms with Crippen LogP contribution in [0, 0.1) is 0 Å². The first kappa shape index (κ1) is 22.5. The number of carbonyl (C=O) groups excluding carboxylic acids is 1. The predicted molar refractivity (Wildman–Crippen MR) is 114 cm³/mol. The Hall–Kier alpha value is -3.17. The van der Waals surface area contributed by atoms with Crippen molar-refractivity contribution in [2.24, 2.45) is 0 Å². The summed E-state index contributed by atoms with van der Waals surface area (Å²) < 4.78 is 42.1. The number of sulfonamides is 1. The fraction of sp³-hybridized carbons (Fsp3) is 0.273. The molecule has 2 aromatic carbocycles. The monoisotopic (exact) mass is 444 g/mol. The van der Waals surface area contributed by atoms with Crippen molar-refractivity contribution in [1.29, 1.82) is 0 Å². The average Bonchev–Trinajstić information content (AvgIpc) is 3.27. The number of methoxy groups -OCH3 is 1. The van der Waals surface area contributed by atoms with E-state index in [9.17, 15) is 13.2 Å².